The normalized spacial score (nSPS) is 21.7. The van der Waals surface area contributed by atoms with Gasteiger partial charge in [0, 0.05) is 37.1 Å². The molecule has 0 spiro atoms. The van der Waals surface area contributed by atoms with Crippen LogP contribution in [0.5, 0.6) is 0 Å². The van der Waals surface area contributed by atoms with E-state index in [1.807, 2.05) is 11.3 Å². The summed E-state index contributed by atoms with van der Waals surface area (Å²) in [6, 6.07) is 5.14. The summed E-state index contributed by atoms with van der Waals surface area (Å²) in [6.07, 6.45) is 2.60. The number of nitrogens with one attached hydrogen (secondary N) is 1. The van der Waals surface area contributed by atoms with Gasteiger partial charge in [0.15, 0.2) is 0 Å². The fourth-order valence-corrected chi connectivity index (χ4v) is 2.96. The highest BCUT2D eigenvalue weighted by molar-refractivity contribution is 7.09. The molecule has 2 heterocycles. The van der Waals surface area contributed by atoms with Crippen molar-refractivity contribution in [1.29, 1.82) is 0 Å². The van der Waals surface area contributed by atoms with Crippen molar-refractivity contribution in [1.82, 2.24) is 10.2 Å². The Balaban J connectivity index is 0.00000128. The number of hydrogen-bond donors (Lipinski definition) is 1. The van der Waals surface area contributed by atoms with E-state index in [0.717, 1.165) is 19.1 Å². The number of nitrogens with zero attached hydrogens (tertiary/aromatic N) is 1. The van der Waals surface area contributed by atoms with Crippen LogP contribution >= 0.6 is 23.7 Å². The zero-order chi connectivity index (χ0) is 10.5. The lowest BCUT2D eigenvalue weighted by Crippen LogP contribution is -2.50. The summed E-state index contributed by atoms with van der Waals surface area (Å²) in [5.74, 6) is 0. The van der Waals surface area contributed by atoms with Crippen LogP contribution in [0.25, 0.3) is 0 Å². The number of rotatable bonds is 4. The van der Waals surface area contributed by atoms with Gasteiger partial charge in [0.25, 0.3) is 0 Å². The Morgan fingerprint density at radius 1 is 1.56 bits per heavy atom. The Kier molecular flexibility index (Phi) is 6.36. The van der Waals surface area contributed by atoms with Crippen LogP contribution in [0.2, 0.25) is 0 Å². The van der Waals surface area contributed by atoms with Crippen LogP contribution in [-0.2, 0) is 6.54 Å². The molecule has 1 saturated heterocycles. The Morgan fingerprint density at radius 2 is 2.44 bits per heavy atom. The first-order valence-corrected chi connectivity index (χ1v) is 6.75. The van der Waals surface area contributed by atoms with Gasteiger partial charge in [-0.25, -0.2) is 0 Å². The Labute approximate surface area is 108 Å². The molecule has 2 rings (SSSR count). The highest BCUT2D eigenvalue weighted by Crippen LogP contribution is 2.17. The molecule has 0 amide bonds. The van der Waals surface area contributed by atoms with Gasteiger partial charge >= 0.3 is 0 Å². The minimum absolute atomic E-state index is 0. The number of piperazine rings is 1. The van der Waals surface area contributed by atoms with Crippen molar-refractivity contribution in [2.45, 2.75) is 32.4 Å². The van der Waals surface area contributed by atoms with Gasteiger partial charge in [-0.05, 0) is 17.9 Å². The van der Waals surface area contributed by atoms with Gasteiger partial charge < -0.3 is 5.32 Å². The predicted octanol–water partition coefficient (Wildman–Crippen LogP) is 2.74. The van der Waals surface area contributed by atoms with E-state index in [2.05, 4.69) is 34.7 Å². The van der Waals surface area contributed by atoms with Gasteiger partial charge in [-0.2, -0.15) is 0 Å². The van der Waals surface area contributed by atoms with E-state index >= 15 is 0 Å². The maximum atomic E-state index is 3.49. The van der Waals surface area contributed by atoms with E-state index in [4.69, 9.17) is 0 Å². The maximum absolute atomic E-state index is 3.49. The molecule has 1 unspecified atom stereocenters. The van der Waals surface area contributed by atoms with Gasteiger partial charge in [0.1, 0.15) is 0 Å². The highest BCUT2D eigenvalue weighted by Gasteiger charge is 2.21. The van der Waals surface area contributed by atoms with Crippen molar-refractivity contribution < 1.29 is 0 Å². The van der Waals surface area contributed by atoms with E-state index < -0.39 is 0 Å². The number of halogens is 1. The van der Waals surface area contributed by atoms with Crippen LogP contribution in [0, 0.1) is 0 Å². The van der Waals surface area contributed by atoms with Crippen molar-refractivity contribution in [2.24, 2.45) is 0 Å². The van der Waals surface area contributed by atoms with E-state index in [0.29, 0.717) is 0 Å². The molecule has 1 N–H and O–H groups in total. The largest absolute Gasteiger partial charge is 0.314 e. The summed E-state index contributed by atoms with van der Waals surface area (Å²) in [4.78, 5) is 4.13. The van der Waals surface area contributed by atoms with Crippen molar-refractivity contribution in [3.63, 3.8) is 0 Å². The summed E-state index contributed by atoms with van der Waals surface area (Å²) < 4.78 is 0. The lowest BCUT2D eigenvalue weighted by molar-refractivity contribution is 0.145. The molecule has 1 aliphatic heterocycles. The molecule has 92 valence electrons. The average Bonchev–Trinajstić information content (AvgIpc) is 2.74. The zero-order valence-corrected chi connectivity index (χ0v) is 11.4. The lowest BCUT2D eigenvalue weighted by atomic mass is 10.1. The molecule has 0 bridgehead atoms. The second-order valence-corrected chi connectivity index (χ2v) is 5.23. The number of hydrogen-bond acceptors (Lipinski definition) is 3. The maximum Gasteiger partial charge on any atom is 0.0331 e. The molecular formula is C12H21ClN2S. The molecule has 0 aliphatic carbocycles. The average molecular weight is 261 g/mol. The lowest BCUT2D eigenvalue weighted by Gasteiger charge is -2.35. The molecule has 0 saturated carbocycles. The van der Waals surface area contributed by atoms with Gasteiger partial charge in [0.2, 0.25) is 0 Å². The van der Waals surface area contributed by atoms with Crippen molar-refractivity contribution >= 4 is 23.7 Å². The number of thiophene rings is 1. The Bertz CT molecular complexity index is 275. The van der Waals surface area contributed by atoms with E-state index in [1.54, 1.807) is 0 Å². The second kappa shape index (κ2) is 7.28. The van der Waals surface area contributed by atoms with Crippen LogP contribution < -0.4 is 5.32 Å². The molecule has 1 aromatic rings. The highest BCUT2D eigenvalue weighted by atomic mass is 35.5. The standard InChI is InChI=1S/C12H20N2S.ClH/c1-2-4-11-9-13-6-7-14(11)10-12-5-3-8-15-12;/h3,5,8,11,13H,2,4,6-7,9-10H2,1H3;1H. The minimum atomic E-state index is 0. The molecule has 1 fully saturated rings. The third-order valence-electron chi connectivity index (χ3n) is 3.03. The van der Waals surface area contributed by atoms with E-state index in [-0.39, 0.29) is 12.4 Å². The zero-order valence-electron chi connectivity index (χ0n) is 9.82. The molecular weight excluding hydrogens is 240 g/mol. The van der Waals surface area contributed by atoms with Crippen LogP contribution in [0.4, 0.5) is 0 Å². The first kappa shape index (κ1) is 14.0. The van der Waals surface area contributed by atoms with Crippen molar-refractivity contribution in [3.05, 3.63) is 22.4 Å². The van der Waals surface area contributed by atoms with Crippen LogP contribution in [0.3, 0.4) is 0 Å². The summed E-state index contributed by atoms with van der Waals surface area (Å²) in [5.41, 5.74) is 0. The van der Waals surface area contributed by atoms with E-state index in [1.165, 1.54) is 30.8 Å². The van der Waals surface area contributed by atoms with Gasteiger partial charge in [-0.15, -0.1) is 23.7 Å². The molecule has 0 aromatic carbocycles. The van der Waals surface area contributed by atoms with Gasteiger partial charge in [-0.1, -0.05) is 19.4 Å². The molecule has 16 heavy (non-hydrogen) atoms. The third-order valence-corrected chi connectivity index (χ3v) is 3.89. The van der Waals surface area contributed by atoms with Crippen molar-refractivity contribution in [3.8, 4) is 0 Å². The Morgan fingerprint density at radius 3 is 3.12 bits per heavy atom. The molecule has 2 nitrogen and oxygen atoms in total. The Hall–Kier alpha value is -0.0900. The smallest absolute Gasteiger partial charge is 0.0331 e. The first-order chi connectivity index (χ1) is 7.40. The molecule has 0 radical (unpaired) electrons. The topological polar surface area (TPSA) is 15.3 Å². The van der Waals surface area contributed by atoms with E-state index in [9.17, 15) is 0 Å². The predicted molar refractivity (Wildman–Crippen MR) is 73.5 cm³/mol. The van der Waals surface area contributed by atoms with Gasteiger partial charge in [0.05, 0.1) is 0 Å². The first-order valence-electron chi connectivity index (χ1n) is 5.87. The monoisotopic (exact) mass is 260 g/mol. The summed E-state index contributed by atoms with van der Waals surface area (Å²) in [5, 5.41) is 5.66. The van der Waals surface area contributed by atoms with Gasteiger partial charge in [-0.3, -0.25) is 4.90 Å². The fraction of sp³-hybridized carbons (Fsp3) is 0.667. The van der Waals surface area contributed by atoms with Crippen LogP contribution in [-0.4, -0.2) is 30.6 Å². The summed E-state index contributed by atoms with van der Waals surface area (Å²) in [6.45, 7) is 6.93. The molecule has 1 aromatic heterocycles. The minimum Gasteiger partial charge on any atom is -0.314 e. The quantitative estimate of drug-likeness (QED) is 0.896. The van der Waals surface area contributed by atoms with Crippen LogP contribution in [0.1, 0.15) is 24.6 Å². The SMILES string of the molecule is CCCC1CNCCN1Cc1cccs1.Cl. The fourth-order valence-electron chi connectivity index (χ4n) is 2.23. The second-order valence-electron chi connectivity index (χ2n) is 4.20. The summed E-state index contributed by atoms with van der Waals surface area (Å²) in [7, 11) is 0. The molecule has 4 heteroatoms. The van der Waals surface area contributed by atoms with Crippen LogP contribution in [0.15, 0.2) is 17.5 Å². The van der Waals surface area contributed by atoms with Crippen molar-refractivity contribution in [2.75, 3.05) is 19.6 Å². The summed E-state index contributed by atoms with van der Waals surface area (Å²) >= 11 is 1.87. The molecule has 1 aliphatic rings. The molecule has 1 atom stereocenters. The third kappa shape index (κ3) is 3.74.